The minimum atomic E-state index is 0.633. The van der Waals surface area contributed by atoms with Crippen LogP contribution in [0.15, 0.2) is 12.1 Å². The zero-order chi connectivity index (χ0) is 12.8. The van der Waals surface area contributed by atoms with Crippen LogP contribution in [0.3, 0.4) is 0 Å². The van der Waals surface area contributed by atoms with Crippen LogP contribution in [-0.2, 0) is 11.2 Å². The Bertz CT molecular complexity index is 393. The average Bonchev–Trinajstić information content (AvgIpc) is 2.39. The van der Waals surface area contributed by atoms with Crippen molar-refractivity contribution in [2.24, 2.45) is 0 Å². The van der Waals surface area contributed by atoms with Crippen molar-refractivity contribution in [3.05, 3.63) is 23.3 Å². The Morgan fingerprint density at radius 3 is 2.61 bits per heavy atom. The predicted octanol–water partition coefficient (Wildman–Crippen LogP) is 1.54. The first-order chi connectivity index (χ1) is 8.81. The fraction of sp³-hybridized carbons (Fsp3) is 0.571. The molecule has 0 aliphatic carbocycles. The molecule has 0 saturated heterocycles. The Balaban J connectivity index is 1.91. The van der Waals surface area contributed by atoms with Crippen molar-refractivity contribution in [3.8, 4) is 11.5 Å². The highest BCUT2D eigenvalue weighted by Crippen LogP contribution is 2.33. The Labute approximate surface area is 108 Å². The van der Waals surface area contributed by atoms with E-state index in [-0.39, 0.29) is 0 Å². The van der Waals surface area contributed by atoms with E-state index in [2.05, 4.69) is 24.4 Å². The van der Waals surface area contributed by atoms with Crippen LogP contribution in [0.25, 0.3) is 0 Å². The summed E-state index contributed by atoms with van der Waals surface area (Å²) in [5.41, 5.74) is 2.50. The van der Waals surface area contributed by atoms with Gasteiger partial charge in [-0.2, -0.15) is 0 Å². The number of fused-ring (bicyclic) bond motifs is 1. The highest BCUT2D eigenvalue weighted by Gasteiger charge is 2.13. The molecule has 0 saturated carbocycles. The topological polar surface area (TPSA) is 39.7 Å². The number of benzene rings is 1. The molecule has 0 spiro atoms. The molecule has 1 aromatic carbocycles. The zero-order valence-electron chi connectivity index (χ0n) is 11.1. The lowest BCUT2D eigenvalue weighted by atomic mass is 10.0. The van der Waals surface area contributed by atoms with Crippen LogP contribution >= 0.6 is 0 Å². The van der Waals surface area contributed by atoms with Crippen molar-refractivity contribution >= 4 is 0 Å². The normalized spacial score (nSPS) is 13.7. The molecule has 1 aromatic rings. The molecule has 0 radical (unpaired) electrons. The van der Waals surface area contributed by atoms with Gasteiger partial charge in [-0.1, -0.05) is 0 Å². The molecule has 2 rings (SSSR count). The van der Waals surface area contributed by atoms with Crippen molar-refractivity contribution in [2.45, 2.75) is 13.3 Å². The molecule has 0 aromatic heterocycles. The van der Waals surface area contributed by atoms with Gasteiger partial charge in [0, 0.05) is 6.54 Å². The Morgan fingerprint density at radius 1 is 1.17 bits per heavy atom. The SMILES string of the molecule is CNCCOCCc1cc2c(cc1C)OCCO2. The molecule has 1 heterocycles. The van der Waals surface area contributed by atoms with Gasteiger partial charge in [-0.25, -0.2) is 0 Å². The van der Waals surface area contributed by atoms with Gasteiger partial charge in [0.25, 0.3) is 0 Å². The summed E-state index contributed by atoms with van der Waals surface area (Å²) in [6.07, 6.45) is 0.909. The van der Waals surface area contributed by atoms with Crippen LogP contribution in [0, 0.1) is 6.92 Å². The van der Waals surface area contributed by atoms with Gasteiger partial charge in [-0.15, -0.1) is 0 Å². The van der Waals surface area contributed by atoms with Crippen LogP contribution in [-0.4, -0.2) is 40.0 Å². The standard InChI is InChI=1S/C14H21NO3/c1-11-9-13-14(18-8-7-17-13)10-12(11)3-5-16-6-4-15-2/h9-10,15H,3-8H2,1-2H3. The summed E-state index contributed by atoms with van der Waals surface area (Å²) < 4.78 is 16.7. The molecule has 100 valence electrons. The monoisotopic (exact) mass is 251 g/mol. The van der Waals surface area contributed by atoms with Crippen LogP contribution in [0.2, 0.25) is 0 Å². The van der Waals surface area contributed by atoms with E-state index in [1.807, 2.05) is 7.05 Å². The van der Waals surface area contributed by atoms with Crippen molar-refractivity contribution in [1.82, 2.24) is 5.32 Å². The van der Waals surface area contributed by atoms with E-state index in [1.54, 1.807) is 0 Å². The summed E-state index contributed by atoms with van der Waals surface area (Å²) in [5, 5.41) is 3.06. The molecule has 0 fully saturated rings. The van der Waals surface area contributed by atoms with Gasteiger partial charge in [0.15, 0.2) is 11.5 Å². The quantitative estimate of drug-likeness (QED) is 0.779. The number of hydrogen-bond acceptors (Lipinski definition) is 4. The summed E-state index contributed by atoms with van der Waals surface area (Å²) in [4.78, 5) is 0. The molecular formula is C14H21NO3. The van der Waals surface area contributed by atoms with Crippen molar-refractivity contribution in [1.29, 1.82) is 0 Å². The molecule has 0 amide bonds. The lowest BCUT2D eigenvalue weighted by molar-refractivity contribution is 0.140. The molecule has 0 unspecified atom stereocenters. The van der Waals surface area contributed by atoms with E-state index >= 15 is 0 Å². The summed E-state index contributed by atoms with van der Waals surface area (Å²) in [6.45, 7) is 5.75. The summed E-state index contributed by atoms with van der Waals surface area (Å²) in [6, 6.07) is 4.13. The second-order valence-electron chi connectivity index (χ2n) is 4.39. The van der Waals surface area contributed by atoms with E-state index in [0.717, 1.165) is 37.7 Å². The fourth-order valence-electron chi connectivity index (χ4n) is 1.96. The maximum Gasteiger partial charge on any atom is 0.161 e. The van der Waals surface area contributed by atoms with E-state index in [0.29, 0.717) is 13.2 Å². The molecule has 1 aliphatic heterocycles. The molecule has 0 atom stereocenters. The second kappa shape index (κ2) is 6.61. The minimum Gasteiger partial charge on any atom is -0.486 e. The predicted molar refractivity (Wildman–Crippen MR) is 70.6 cm³/mol. The Kier molecular flexibility index (Phi) is 4.84. The van der Waals surface area contributed by atoms with Crippen molar-refractivity contribution in [3.63, 3.8) is 0 Å². The van der Waals surface area contributed by atoms with E-state index in [4.69, 9.17) is 14.2 Å². The van der Waals surface area contributed by atoms with Crippen LogP contribution in [0.1, 0.15) is 11.1 Å². The molecule has 4 nitrogen and oxygen atoms in total. The highest BCUT2D eigenvalue weighted by atomic mass is 16.6. The van der Waals surface area contributed by atoms with Crippen LogP contribution in [0.4, 0.5) is 0 Å². The maximum absolute atomic E-state index is 5.59. The van der Waals surface area contributed by atoms with E-state index in [1.165, 1.54) is 11.1 Å². The molecule has 18 heavy (non-hydrogen) atoms. The number of hydrogen-bond donors (Lipinski definition) is 1. The fourth-order valence-corrected chi connectivity index (χ4v) is 1.96. The maximum atomic E-state index is 5.59. The smallest absolute Gasteiger partial charge is 0.161 e. The second-order valence-corrected chi connectivity index (χ2v) is 4.39. The van der Waals surface area contributed by atoms with Crippen LogP contribution in [0.5, 0.6) is 11.5 Å². The largest absolute Gasteiger partial charge is 0.486 e. The van der Waals surface area contributed by atoms with Crippen molar-refractivity contribution in [2.75, 3.05) is 40.0 Å². The van der Waals surface area contributed by atoms with Gasteiger partial charge in [-0.3, -0.25) is 0 Å². The highest BCUT2D eigenvalue weighted by molar-refractivity contribution is 5.47. The summed E-state index contributed by atoms with van der Waals surface area (Å²) in [5.74, 6) is 1.72. The van der Waals surface area contributed by atoms with Gasteiger partial charge in [0.1, 0.15) is 13.2 Å². The average molecular weight is 251 g/mol. The first kappa shape index (κ1) is 13.2. The van der Waals surface area contributed by atoms with Gasteiger partial charge in [0.2, 0.25) is 0 Å². The minimum absolute atomic E-state index is 0.633. The number of likely N-dealkylation sites (N-methyl/N-ethyl adjacent to an activating group) is 1. The first-order valence-electron chi connectivity index (χ1n) is 6.42. The Morgan fingerprint density at radius 2 is 1.89 bits per heavy atom. The van der Waals surface area contributed by atoms with Gasteiger partial charge >= 0.3 is 0 Å². The zero-order valence-corrected chi connectivity index (χ0v) is 11.1. The third-order valence-electron chi connectivity index (χ3n) is 3.01. The number of nitrogens with one attached hydrogen (secondary N) is 1. The number of ether oxygens (including phenoxy) is 3. The van der Waals surface area contributed by atoms with Crippen molar-refractivity contribution < 1.29 is 14.2 Å². The molecular weight excluding hydrogens is 230 g/mol. The van der Waals surface area contributed by atoms with E-state index in [9.17, 15) is 0 Å². The number of rotatable bonds is 6. The third kappa shape index (κ3) is 3.37. The lowest BCUT2D eigenvalue weighted by Crippen LogP contribution is -2.16. The first-order valence-corrected chi connectivity index (χ1v) is 6.42. The molecule has 1 N–H and O–H groups in total. The molecule has 4 heteroatoms. The summed E-state index contributed by atoms with van der Waals surface area (Å²) >= 11 is 0. The molecule has 0 bridgehead atoms. The number of aryl methyl sites for hydroxylation is 1. The molecule has 1 aliphatic rings. The summed E-state index contributed by atoms with van der Waals surface area (Å²) in [7, 11) is 1.92. The third-order valence-corrected chi connectivity index (χ3v) is 3.01. The van der Waals surface area contributed by atoms with Crippen LogP contribution < -0.4 is 14.8 Å². The Hall–Kier alpha value is -1.26. The van der Waals surface area contributed by atoms with E-state index < -0.39 is 0 Å². The lowest BCUT2D eigenvalue weighted by Gasteiger charge is -2.20. The van der Waals surface area contributed by atoms with Gasteiger partial charge in [-0.05, 0) is 43.7 Å². The van der Waals surface area contributed by atoms with Gasteiger partial charge in [0.05, 0.1) is 13.2 Å². The van der Waals surface area contributed by atoms with Gasteiger partial charge < -0.3 is 19.5 Å².